The van der Waals surface area contributed by atoms with Gasteiger partial charge in [0.15, 0.2) is 5.78 Å². The monoisotopic (exact) mass is 266 g/mol. The smallest absolute Gasteiger partial charge is 0.196 e. The molecule has 0 saturated carbocycles. The number of carbonyl (C=O) groups excluding carboxylic acids is 1. The average Bonchev–Trinajstić information content (AvgIpc) is 2.34. The molecule has 0 spiro atoms. The number of rotatable bonds is 2. The summed E-state index contributed by atoms with van der Waals surface area (Å²) in [6.45, 7) is 1.66. The molecule has 0 aliphatic carbocycles. The lowest BCUT2D eigenvalue weighted by Crippen LogP contribution is -2.06. The van der Waals surface area contributed by atoms with Crippen LogP contribution in [0.4, 0.5) is 8.78 Å². The van der Waals surface area contributed by atoms with Gasteiger partial charge in [0.25, 0.3) is 0 Å². The number of halogens is 3. The van der Waals surface area contributed by atoms with Crippen LogP contribution in [-0.4, -0.2) is 5.78 Å². The second-order valence-corrected chi connectivity index (χ2v) is 4.35. The lowest BCUT2D eigenvalue weighted by Gasteiger charge is -2.06. The van der Waals surface area contributed by atoms with Crippen molar-refractivity contribution in [3.8, 4) is 0 Å². The fourth-order valence-corrected chi connectivity index (χ4v) is 1.83. The maximum atomic E-state index is 13.6. The Morgan fingerprint density at radius 3 is 2.50 bits per heavy atom. The van der Waals surface area contributed by atoms with Crippen LogP contribution in [0.25, 0.3) is 0 Å². The van der Waals surface area contributed by atoms with Crippen LogP contribution in [0.2, 0.25) is 5.02 Å². The van der Waals surface area contributed by atoms with Crippen molar-refractivity contribution < 1.29 is 13.6 Å². The third kappa shape index (κ3) is 2.41. The van der Waals surface area contributed by atoms with E-state index in [1.807, 2.05) is 0 Å². The molecular formula is C14H9ClF2O. The van der Waals surface area contributed by atoms with Gasteiger partial charge in [0.05, 0.1) is 5.56 Å². The molecule has 0 saturated heterocycles. The highest BCUT2D eigenvalue weighted by molar-refractivity contribution is 6.31. The van der Waals surface area contributed by atoms with Gasteiger partial charge in [0.2, 0.25) is 0 Å². The van der Waals surface area contributed by atoms with E-state index in [1.54, 1.807) is 6.92 Å². The molecule has 0 amide bonds. The van der Waals surface area contributed by atoms with Crippen molar-refractivity contribution in [2.45, 2.75) is 6.92 Å². The Morgan fingerprint density at radius 2 is 1.78 bits per heavy atom. The van der Waals surface area contributed by atoms with Gasteiger partial charge in [-0.2, -0.15) is 0 Å². The second-order valence-electron chi connectivity index (χ2n) is 3.91. The lowest BCUT2D eigenvalue weighted by molar-refractivity contribution is 0.103. The van der Waals surface area contributed by atoms with Crippen LogP contribution in [-0.2, 0) is 0 Å². The summed E-state index contributed by atoms with van der Waals surface area (Å²) in [5, 5.41) is 0.258. The van der Waals surface area contributed by atoms with E-state index in [0.717, 1.165) is 12.1 Å². The topological polar surface area (TPSA) is 17.1 Å². The standard InChI is InChI=1S/C14H9ClF2O/c1-8-2-4-10(16)7-11(8)14(18)12-6-9(15)3-5-13(12)17/h2-7H,1H3. The molecule has 2 rings (SSSR count). The van der Waals surface area contributed by atoms with Crippen molar-refractivity contribution in [3.05, 3.63) is 69.7 Å². The predicted molar refractivity (Wildman–Crippen MR) is 66.0 cm³/mol. The van der Waals surface area contributed by atoms with Gasteiger partial charge in [0, 0.05) is 10.6 Å². The van der Waals surface area contributed by atoms with E-state index in [0.29, 0.717) is 5.56 Å². The largest absolute Gasteiger partial charge is 0.288 e. The molecule has 0 heterocycles. The molecule has 92 valence electrons. The van der Waals surface area contributed by atoms with Crippen molar-refractivity contribution in [1.82, 2.24) is 0 Å². The Kier molecular flexibility index (Phi) is 3.43. The summed E-state index contributed by atoms with van der Waals surface area (Å²) >= 11 is 5.73. The molecule has 0 fully saturated rings. The fourth-order valence-electron chi connectivity index (χ4n) is 1.66. The summed E-state index contributed by atoms with van der Waals surface area (Å²) in [5.41, 5.74) is 0.563. The highest BCUT2D eigenvalue weighted by Gasteiger charge is 2.17. The van der Waals surface area contributed by atoms with Crippen molar-refractivity contribution in [2.24, 2.45) is 0 Å². The Bertz CT molecular complexity index is 570. The molecule has 18 heavy (non-hydrogen) atoms. The van der Waals surface area contributed by atoms with Crippen LogP contribution in [0.15, 0.2) is 36.4 Å². The molecular weight excluding hydrogens is 258 g/mol. The lowest BCUT2D eigenvalue weighted by atomic mass is 9.98. The molecule has 0 aromatic heterocycles. The molecule has 0 bridgehead atoms. The Labute approximate surface area is 108 Å². The number of hydrogen-bond donors (Lipinski definition) is 0. The summed E-state index contributed by atoms with van der Waals surface area (Å²) < 4.78 is 26.7. The van der Waals surface area contributed by atoms with E-state index in [9.17, 15) is 13.6 Å². The quantitative estimate of drug-likeness (QED) is 0.746. The summed E-state index contributed by atoms with van der Waals surface area (Å²) in [7, 11) is 0. The second kappa shape index (κ2) is 4.86. The first-order valence-corrected chi connectivity index (χ1v) is 5.63. The number of ketones is 1. The SMILES string of the molecule is Cc1ccc(F)cc1C(=O)c1cc(Cl)ccc1F. The van der Waals surface area contributed by atoms with Crippen molar-refractivity contribution in [1.29, 1.82) is 0 Å². The molecule has 2 aromatic carbocycles. The van der Waals surface area contributed by atoms with Crippen LogP contribution in [0, 0.1) is 18.6 Å². The Morgan fingerprint density at radius 1 is 1.06 bits per heavy atom. The normalized spacial score (nSPS) is 10.4. The van der Waals surface area contributed by atoms with Gasteiger partial charge in [-0.1, -0.05) is 17.7 Å². The first-order chi connectivity index (χ1) is 8.49. The van der Waals surface area contributed by atoms with Gasteiger partial charge in [-0.3, -0.25) is 4.79 Å². The summed E-state index contributed by atoms with van der Waals surface area (Å²) in [5.74, 6) is -1.79. The van der Waals surface area contributed by atoms with Gasteiger partial charge in [-0.15, -0.1) is 0 Å². The van der Waals surface area contributed by atoms with E-state index in [4.69, 9.17) is 11.6 Å². The molecule has 2 aromatic rings. The zero-order chi connectivity index (χ0) is 13.3. The van der Waals surface area contributed by atoms with Gasteiger partial charge < -0.3 is 0 Å². The maximum Gasteiger partial charge on any atom is 0.196 e. The first kappa shape index (κ1) is 12.7. The van der Waals surface area contributed by atoms with Crippen LogP contribution < -0.4 is 0 Å². The molecule has 0 aliphatic heterocycles. The van der Waals surface area contributed by atoms with Crippen LogP contribution in [0.5, 0.6) is 0 Å². The van der Waals surface area contributed by atoms with Gasteiger partial charge in [0.1, 0.15) is 11.6 Å². The van der Waals surface area contributed by atoms with Gasteiger partial charge in [-0.05, 0) is 42.8 Å². The van der Waals surface area contributed by atoms with E-state index in [2.05, 4.69) is 0 Å². The molecule has 1 nitrogen and oxygen atoms in total. The van der Waals surface area contributed by atoms with Crippen LogP contribution >= 0.6 is 11.6 Å². The van der Waals surface area contributed by atoms with E-state index >= 15 is 0 Å². The zero-order valence-corrected chi connectivity index (χ0v) is 10.3. The maximum absolute atomic E-state index is 13.6. The number of carbonyl (C=O) groups is 1. The summed E-state index contributed by atoms with van der Waals surface area (Å²) in [6.07, 6.45) is 0. The predicted octanol–water partition coefficient (Wildman–Crippen LogP) is 4.16. The number of aryl methyl sites for hydroxylation is 1. The van der Waals surface area contributed by atoms with Crippen molar-refractivity contribution in [2.75, 3.05) is 0 Å². The third-order valence-electron chi connectivity index (χ3n) is 2.62. The minimum atomic E-state index is -0.673. The molecule has 0 N–H and O–H groups in total. The third-order valence-corrected chi connectivity index (χ3v) is 2.85. The molecule has 4 heteroatoms. The zero-order valence-electron chi connectivity index (χ0n) is 9.51. The van der Waals surface area contributed by atoms with Crippen molar-refractivity contribution >= 4 is 17.4 Å². The Hall–Kier alpha value is -1.74. The van der Waals surface area contributed by atoms with Crippen LogP contribution in [0.1, 0.15) is 21.5 Å². The highest BCUT2D eigenvalue weighted by Crippen LogP contribution is 2.20. The first-order valence-electron chi connectivity index (χ1n) is 5.25. The fraction of sp³-hybridized carbons (Fsp3) is 0.0714. The van der Waals surface area contributed by atoms with Gasteiger partial charge >= 0.3 is 0 Å². The number of hydrogen-bond acceptors (Lipinski definition) is 1. The van der Waals surface area contributed by atoms with E-state index in [1.165, 1.54) is 24.3 Å². The van der Waals surface area contributed by atoms with Crippen LogP contribution in [0.3, 0.4) is 0 Å². The van der Waals surface area contributed by atoms with Crippen molar-refractivity contribution in [3.63, 3.8) is 0 Å². The average molecular weight is 267 g/mol. The number of benzene rings is 2. The van der Waals surface area contributed by atoms with E-state index < -0.39 is 17.4 Å². The minimum absolute atomic E-state index is 0.135. The summed E-state index contributed by atoms with van der Waals surface area (Å²) in [6, 6.07) is 7.53. The molecule has 0 unspecified atom stereocenters. The minimum Gasteiger partial charge on any atom is -0.288 e. The highest BCUT2D eigenvalue weighted by atomic mass is 35.5. The Balaban J connectivity index is 2.54. The molecule has 0 radical (unpaired) electrons. The summed E-state index contributed by atoms with van der Waals surface area (Å²) in [4.78, 5) is 12.1. The van der Waals surface area contributed by atoms with Gasteiger partial charge in [-0.25, -0.2) is 8.78 Å². The molecule has 0 atom stereocenters. The van der Waals surface area contributed by atoms with E-state index in [-0.39, 0.29) is 16.1 Å². The molecule has 0 aliphatic rings.